The number of aryl methyl sites for hydroxylation is 1. The maximum atomic E-state index is 11.9. The fourth-order valence-corrected chi connectivity index (χ4v) is 3.45. The SMILES string of the molecule is COc1ccc([C@@H]2Oc3ccc(C)cc3[C@H](OC(C)=O)[C@@H]2OC(C)=O)cc1OC. The first-order valence-electron chi connectivity index (χ1n) is 9.17. The first-order valence-corrected chi connectivity index (χ1v) is 9.17. The molecule has 1 aliphatic rings. The van der Waals surface area contributed by atoms with Crippen molar-refractivity contribution in [2.24, 2.45) is 0 Å². The van der Waals surface area contributed by atoms with Crippen LogP contribution in [0.4, 0.5) is 0 Å². The average molecular weight is 400 g/mol. The maximum Gasteiger partial charge on any atom is 0.303 e. The lowest BCUT2D eigenvalue weighted by molar-refractivity contribution is -0.178. The van der Waals surface area contributed by atoms with Crippen LogP contribution in [0, 0.1) is 6.92 Å². The minimum atomic E-state index is -0.871. The van der Waals surface area contributed by atoms with Crippen LogP contribution in [-0.2, 0) is 19.1 Å². The van der Waals surface area contributed by atoms with Gasteiger partial charge < -0.3 is 23.7 Å². The van der Waals surface area contributed by atoms with Crippen molar-refractivity contribution in [1.82, 2.24) is 0 Å². The highest BCUT2D eigenvalue weighted by molar-refractivity contribution is 5.68. The van der Waals surface area contributed by atoms with E-state index in [2.05, 4.69) is 0 Å². The Morgan fingerprint density at radius 2 is 1.59 bits per heavy atom. The van der Waals surface area contributed by atoms with Crippen LogP contribution >= 0.6 is 0 Å². The minimum absolute atomic E-state index is 0.479. The normalized spacial score (nSPS) is 20.1. The third-order valence-electron chi connectivity index (χ3n) is 4.65. The molecule has 0 fully saturated rings. The van der Waals surface area contributed by atoms with Crippen molar-refractivity contribution in [3.05, 3.63) is 53.1 Å². The lowest BCUT2D eigenvalue weighted by Crippen LogP contribution is -2.39. The molecule has 1 heterocycles. The summed E-state index contributed by atoms with van der Waals surface area (Å²) in [5, 5.41) is 0. The summed E-state index contributed by atoms with van der Waals surface area (Å²) >= 11 is 0. The fraction of sp³-hybridized carbons (Fsp3) is 0.364. The zero-order chi connectivity index (χ0) is 21.1. The monoisotopic (exact) mass is 400 g/mol. The fourth-order valence-electron chi connectivity index (χ4n) is 3.45. The van der Waals surface area contributed by atoms with Crippen molar-refractivity contribution in [2.45, 2.75) is 39.1 Å². The molecule has 0 aromatic heterocycles. The van der Waals surface area contributed by atoms with Crippen molar-refractivity contribution < 1.29 is 33.3 Å². The van der Waals surface area contributed by atoms with E-state index in [0.717, 1.165) is 5.56 Å². The molecule has 0 saturated carbocycles. The smallest absolute Gasteiger partial charge is 0.303 e. The number of hydrogen-bond acceptors (Lipinski definition) is 7. The number of carbonyl (C=O) groups excluding carboxylic acids is 2. The molecule has 29 heavy (non-hydrogen) atoms. The molecule has 3 rings (SSSR count). The van der Waals surface area contributed by atoms with Crippen LogP contribution in [0.2, 0.25) is 0 Å². The van der Waals surface area contributed by atoms with E-state index in [0.29, 0.717) is 28.4 Å². The Labute approximate surface area is 169 Å². The predicted octanol–water partition coefficient (Wildman–Crippen LogP) is 3.68. The number of rotatable bonds is 5. The molecule has 0 aliphatic carbocycles. The first kappa shape index (κ1) is 20.5. The Balaban J connectivity index is 2.13. The molecule has 0 amide bonds. The molecule has 7 heteroatoms. The number of fused-ring (bicyclic) bond motifs is 1. The Hall–Kier alpha value is -3.22. The molecule has 0 bridgehead atoms. The third kappa shape index (κ3) is 4.29. The Morgan fingerprint density at radius 1 is 0.897 bits per heavy atom. The zero-order valence-corrected chi connectivity index (χ0v) is 17.1. The third-order valence-corrected chi connectivity index (χ3v) is 4.65. The van der Waals surface area contributed by atoms with Crippen LogP contribution < -0.4 is 14.2 Å². The standard InChI is InChI=1S/C22H24O7/c1-12-6-8-17-16(10-12)21(27-13(2)23)22(28-14(3)24)20(29-17)15-7-9-18(25-4)19(11-15)26-5/h6-11,20-22H,1-5H3/t20-,21-,22+/m0/s1. The van der Waals surface area contributed by atoms with Gasteiger partial charge in [0.15, 0.2) is 29.8 Å². The number of benzene rings is 2. The largest absolute Gasteiger partial charge is 0.493 e. The molecule has 7 nitrogen and oxygen atoms in total. The number of carbonyl (C=O) groups is 2. The summed E-state index contributed by atoms with van der Waals surface area (Å²) in [4.78, 5) is 23.7. The van der Waals surface area contributed by atoms with Crippen LogP contribution in [0.15, 0.2) is 36.4 Å². The first-order chi connectivity index (χ1) is 13.8. The van der Waals surface area contributed by atoms with Gasteiger partial charge in [-0.2, -0.15) is 0 Å². The summed E-state index contributed by atoms with van der Waals surface area (Å²) in [5.41, 5.74) is 2.32. The van der Waals surface area contributed by atoms with Crippen LogP contribution in [0.5, 0.6) is 17.2 Å². The molecular formula is C22H24O7. The van der Waals surface area contributed by atoms with Gasteiger partial charge in [0.05, 0.1) is 14.2 Å². The summed E-state index contributed by atoms with van der Waals surface area (Å²) in [6.07, 6.45) is -2.39. The molecule has 0 unspecified atom stereocenters. The van der Waals surface area contributed by atoms with Gasteiger partial charge in [0.2, 0.25) is 0 Å². The molecule has 2 aromatic carbocycles. The molecule has 0 radical (unpaired) electrons. The second-order valence-electron chi connectivity index (χ2n) is 6.80. The molecule has 154 valence electrons. The number of esters is 2. The van der Waals surface area contributed by atoms with E-state index < -0.39 is 30.3 Å². The van der Waals surface area contributed by atoms with E-state index >= 15 is 0 Å². The molecule has 3 atom stereocenters. The van der Waals surface area contributed by atoms with E-state index in [1.54, 1.807) is 25.3 Å². The number of ether oxygens (including phenoxy) is 5. The lowest BCUT2D eigenvalue weighted by atomic mass is 9.90. The topological polar surface area (TPSA) is 80.3 Å². The van der Waals surface area contributed by atoms with Gasteiger partial charge in [-0.1, -0.05) is 17.7 Å². The highest BCUT2D eigenvalue weighted by atomic mass is 16.6. The minimum Gasteiger partial charge on any atom is -0.493 e. The van der Waals surface area contributed by atoms with Gasteiger partial charge in [0.1, 0.15) is 5.75 Å². The highest BCUT2D eigenvalue weighted by Crippen LogP contribution is 2.46. The molecular weight excluding hydrogens is 376 g/mol. The summed E-state index contributed by atoms with van der Waals surface area (Å²) in [6, 6.07) is 10.9. The van der Waals surface area contributed by atoms with E-state index in [4.69, 9.17) is 23.7 Å². The lowest BCUT2D eigenvalue weighted by Gasteiger charge is -2.38. The summed E-state index contributed by atoms with van der Waals surface area (Å²) in [5.74, 6) is 0.646. The second-order valence-corrected chi connectivity index (χ2v) is 6.80. The van der Waals surface area contributed by atoms with E-state index in [1.165, 1.54) is 21.0 Å². The Morgan fingerprint density at radius 3 is 2.21 bits per heavy atom. The average Bonchev–Trinajstić information content (AvgIpc) is 2.68. The second kappa shape index (κ2) is 8.43. The number of hydrogen-bond donors (Lipinski definition) is 0. The van der Waals surface area contributed by atoms with E-state index in [9.17, 15) is 9.59 Å². The summed E-state index contributed by atoms with van der Waals surface area (Å²) < 4.78 is 28.1. The van der Waals surface area contributed by atoms with Gasteiger partial charge in [0, 0.05) is 25.0 Å². The molecule has 1 aliphatic heterocycles. The molecule has 0 N–H and O–H groups in total. The van der Waals surface area contributed by atoms with Crippen LogP contribution in [0.25, 0.3) is 0 Å². The molecule has 0 spiro atoms. The van der Waals surface area contributed by atoms with Crippen molar-refractivity contribution in [2.75, 3.05) is 14.2 Å². The van der Waals surface area contributed by atoms with Gasteiger partial charge >= 0.3 is 11.9 Å². The van der Waals surface area contributed by atoms with Crippen molar-refractivity contribution in [1.29, 1.82) is 0 Å². The van der Waals surface area contributed by atoms with Crippen molar-refractivity contribution in [3.8, 4) is 17.2 Å². The summed E-state index contributed by atoms with van der Waals surface area (Å²) in [7, 11) is 3.08. The highest BCUT2D eigenvalue weighted by Gasteiger charge is 2.44. The van der Waals surface area contributed by atoms with Gasteiger partial charge in [-0.25, -0.2) is 0 Å². The summed E-state index contributed by atoms with van der Waals surface area (Å²) in [6.45, 7) is 4.55. The van der Waals surface area contributed by atoms with E-state index in [-0.39, 0.29) is 0 Å². The zero-order valence-electron chi connectivity index (χ0n) is 17.1. The maximum absolute atomic E-state index is 11.9. The molecule has 0 saturated heterocycles. The van der Waals surface area contributed by atoms with Crippen molar-refractivity contribution >= 4 is 11.9 Å². The Bertz CT molecular complexity index is 921. The van der Waals surface area contributed by atoms with Crippen molar-refractivity contribution in [3.63, 3.8) is 0 Å². The predicted molar refractivity (Wildman–Crippen MR) is 104 cm³/mol. The Kier molecular flexibility index (Phi) is 5.96. The quantitative estimate of drug-likeness (QED) is 0.708. The van der Waals surface area contributed by atoms with Gasteiger partial charge in [-0.3, -0.25) is 9.59 Å². The van der Waals surface area contributed by atoms with Gasteiger partial charge in [-0.15, -0.1) is 0 Å². The molecule has 2 aromatic rings. The van der Waals surface area contributed by atoms with Gasteiger partial charge in [-0.05, 0) is 31.2 Å². The van der Waals surface area contributed by atoms with Crippen LogP contribution in [0.1, 0.15) is 42.7 Å². The van der Waals surface area contributed by atoms with Gasteiger partial charge in [0.25, 0.3) is 0 Å². The van der Waals surface area contributed by atoms with Crippen LogP contribution in [0.3, 0.4) is 0 Å². The number of methoxy groups -OCH3 is 2. The van der Waals surface area contributed by atoms with E-state index in [1.807, 2.05) is 25.1 Å². The van der Waals surface area contributed by atoms with Crippen LogP contribution in [-0.4, -0.2) is 32.3 Å².